The summed E-state index contributed by atoms with van der Waals surface area (Å²) in [6.07, 6.45) is -4.37. The molecule has 2 N–H and O–H groups in total. The summed E-state index contributed by atoms with van der Waals surface area (Å²) in [5.74, 6) is 0.798. The van der Waals surface area contributed by atoms with Crippen LogP contribution in [0.3, 0.4) is 0 Å². The molecule has 21 heavy (non-hydrogen) atoms. The van der Waals surface area contributed by atoms with Crippen LogP contribution in [-0.2, 0) is 18.3 Å². The van der Waals surface area contributed by atoms with Crippen LogP contribution in [0.25, 0.3) is 0 Å². The fourth-order valence-electron chi connectivity index (χ4n) is 1.46. The maximum atomic E-state index is 12.4. The minimum Gasteiger partial charge on any atom is -0.484 e. The van der Waals surface area contributed by atoms with Gasteiger partial charge >= 0.3 is 6.18 Å². The molecule has 2 rings (SSSR count). The van der Waals surface area contributed by atoms with Crippen LogP contribution >= 0.6 is 0 Å². The third-order valence-electron chi connectivity index (χ3n) is 2.59. The average molecular weight is 301 g/mol. The van der Waals surface area contributed by atoms with Crippen LogP contribution in [0.2, 0.25) is 0 Å². The molecule has 0 spiro atoms. The Balaban J connectivity index is 1.99. The van der Waals surface area contributed by atoms with E-state index in [1.54, 1.807) is 13.8 Å². The lowest BCUT2D eigenvalue weighted by Gasteiger charge is -2.11. The van der Waals surface area contributed by atoms with Crippen LogP contribution in [0.15, 0.2) is 28.8 Å². The number of ether oxygens (including phenoxy) is 1. The molecule has 0 aliphatic carbocycles. The van der Waals surface area contributed by atoms with Gasteiger partial charge in [0.2, 0.25) is 0 Å². The molecule has 0 saturated heterocycles. The zero-order valence-corrected chi connectivity index (χ0v) is 11.4. The van der Waals surface area contributed by atoms with Crippen molar-refractivity contribution in [3.63, 3.8) is 0 Å². The molecule has 0 saturated carbocycles. The van der Waals surface area contributed by atoms with Gasteiger partial charge in [-0.15, -0.1) is 0 Å². The number of aromatic nitrogens is 2. The van der Waals surface area contributed by atoms with Crippen molar-refractivity contribution < 1.29 is 22.4 Å². The molecular weight excluding hydrogens is 287 g/mol. The van der Waals surface area contributed by atoms with Crippen molar-refractivity contribution in [2.45, 2.75) is 32.2 Å². The van der Waals surface area contributed by atoms with E-state index in [1.807, 2.05) is 0 Å². The molecule has 0 bridgehead atoms. The van der Waals surface area contributed by atoms with Crippen molar-refractivity contribution in [3.8, 4) is 5.75 Å². The molecule has 5 nitrogen and oxygen atoms in total. The van der Waals surface area contributed by atoms with E-state index < -0.39 is 17.3 Å². The van der Waals surface area contributed by atoms with Crippen LogP contribution in [-0.4, -0.2) is 10.1 Å². The quantitative estimate of drug-likeness (QED) is 0.940. The summed E-state index contributed by atoms with van der Waals surface area (Å²) in [6.45, 7) is 3.39. The fraction of sp³-hybridized carbons (Fsp3) is 0.385. The minimum absolute atomic E-state index is 0.0472. The van der Waals surface area contributed by atoms with E-state index in [1.165, 1.54) is 12.1 Å². The van der Waals surface area contributed by atoms with Gasteiger partial charge in [-0.2, -0.15) is 18.2 Å². The monoisotopic (exact) mass is 301 g/mol. The molecule has 114 valence electrons. The number of alkyl halides is 3. The van der Waals surface area contributed by atoms with Gasteiger partial charge in [0.05, 0.1) is 11.1 Å². The lowest BCUT2D eigenvalue weighted by molar-refractivity contribution is -0.137. The fourth-order valence-corrected chi connectivity index (χ4v) is 1.46. The average Bonchev–Trinajstić information content (AvgIpc) is 2.84. The summed E-state index contributed by atoms with van der Waals surface area (Å²) in [5, 5.41) is 3.71. The van der Waals surface area contributed by atoms with E-state index in [0.29, 0.717) is 5.82 Å². The predicted octanol–water partition coefficient (Wildman–Crippen LogP) is 2.86. The maximum Gasteiger partial charge on any atom is 0.416 e. The zero-order chi connectivity index (χ0) is 15.7. The van der Waals surface area contributed by atoms with E-state index in [9.17, 15) is 13.2 Å². The molecule has 0 unspecified atom stereocenters. The molecule has 0 atom stereocenters. The summed E-state index contributed by atoms with van der Waals surface area (Å²) >= 11 is 0. The molecule has 0 radical (unpaired) electrons. The first-order valence-electron chi connectivity index (χ1n) is 6.08. The first-order valence-corrected chi connectivity index (χ1v) is 6.08. The van der Waals surface area contributed by atoms with Gasteiger partial charge in [-0.1, -0.05) is 5.16 Å². The van der Waals surface area contributed by atoms with Crippen molar-refractivity contribution in [1.82, 2.24) is 10.1 Å². The predicted molar refractivity (Wildman–Crippen MR) is 67.3 cm³/mol. The summed E-state index contributed by atoms with van der Waals surface area (Å²) in [4.78, 5) is 4.05. The Bertz CT molecular complexity index is 600. The largest absolute Gasteiger partial charge is 0.484 e. The van der Waals surface area contributed by atoms with Crippen molar-refractivity contribution in [2.24, 2.45) is 5.73 Å². The van der Waals surface area contributed by atoms with Gasteiger partial charge < -0.3 is 15.0 Å². The Morgan fingerprint density at radius 2 is 1.81 bits per heavy atom. The molecule has 0 aliphatic rings. The highest BCUT2D eigenvalue weighted by molar-refractivity contribution is 5.28. The summed E-state index contributed by atoms with van der Waals surface area (Å²) in [6, 6.07) is 4.34. The Kier molecular flexibility index (Phi) is 3.91. The van der Waals surface area contributed by atoms with Crippen LogP contribution in [0, 0.1) is 0 Å². The number of benzene rings is 1. The van der Waals surface area contributed by atoms with Gasteiger partial charge in [-0.3, -0.25) is 0 Å². The summed E-state index contributed by atoms with van der Waals surface area (Å²) < 4.78 is 47.4. The van der Waals surface area contributed by atoms with Crippen molar-refractivity contribution in [2.75, 3.05) is 0 Å². The molecule has 8 heteroatoms. The number of nitrogens with zero attached hydrogens (tertiary/aromatic N) is 2. The second-order valence-corrected chi connectivity index (χ2v) is 5.04. The third kappa shape index (κ3) is 3.94. The van der Waals surface area contributed by atoms with E-state index >= 15 is 0 Å². The number of halogens is 3. The Morgan fingerprint density at radius 3 is 2.29 bits per heavy atom. The van der Waals surface area contributed by atoms with E-state index in [4.69, 9.17) is 15.0 Å². The molecule has 1 heterocycles. The van der Waals surface area contributed by atoms with E-state index in [-0.39, 0.29) is 18.2 Å². The van der Waals surface area contributed by atoms with Crippen LogP contribution in [0.1, 0.15) is 31.1 Å². The lowest BCUT2D eigenvalue weighted by atomic mass is 10.1. The molecule has 2 aromatic rings. The second kappa shape index (κ2) is 5.36. The van der Waals surface area contributed by atoms with Gasteiger partial charge in [0, 0.05) is 0 Å². The van der Waals surface area contributed by atoms with Crippen LogP contribution in [0.5, 0.6) is 5.75 Å². The minimum atomic E-state index is -4.37. The molecule has 0 aliphatic heterocycles. The van der Waals surface area contributed by atoms with Crippen molar-refractivity contribution in [1.29, 1.82) is 0 Å². The molecule has 0 amide bonds. The van der Waals surface area contributed by atoms with Gasteiger partial charge in [0.15, 0.2) is 12.4 Å². The van der Waals surface area contributed by atoms with Crippen LogP contribution < -0.4 is 10.5 Å². The topological polar surface area (TPSA) is 74.2 Å². The van der Waals surface area contributed by atoms with Crippen LogP contribution in [0.4, 0.5) is 13.2 Å². The number of hydrogen-bond acceptors (Lipinski definition) is 5. The number of hydrogen-bond donors (Lipinski definition) is 1. The number of rotatable bonds is 4. The molecule has 1 aromatic heterocycles. The van der Waals surface area contributed by atoms with Crippen molar-refractivity contribution >= 4 is 0 Å². The first kappa shape index (κ1) is 15.3. The Morgan fingerprint density at radius 1 is 1.19 bits per heavy atom. The van der Waals surface area contributed by atoms with Gasteiger partial charge in [0.1, 0.15) is 5.75 Å². The summed E-state index contributed by atoms with van der Waals surface area (Å²) in [7, 11) is 0. The van der Waals surface area contributed by atoms with Gasteiger partial charge in [0.25, 0.3) is 5.89 Å². The third-order valence-corrected chi connectivity index (χ3v) is 2.59. The maximum absolute atomic E-state index is 12.4. The van der Waals surface area contributed by atoms with Gasteiger partial charge in [-0.25, -0.2) is 0 Å². The standard InChI is InChI=1S/C13H14F3N3O2/c1-12(2,17)11-18-10(21-19-11)7-20-9-5-3-8(4-6-9)13(14,15)16/h3-6H,7,17H2,1-2H3. The second-order valence-electron chi connectivity index (χ2n) is 5.04. The molecule has 0 fully saturated rings. The first-order chi connectivity index (χ1) is 9.66. The Labute approximate surface area is 118 Å². The zero-order valence-electron chi connectivity index (χ0n) is 11.4. The van der Waals surface area contributed by atoms with E-state index in [0.717, 1.165) is 12.1 Å². The van der Waals surface area contributed by atoms with E-state index in [2.05, 4.69) is 10.1 Å². The molecular formula is C13H14F3N3O2. The van der Waals surface area contributed by atoms with Crippen molar-refractivity contribution in [3.05, 3.63) is 41.5 Å². The smallest absolute Gasteiger partial charge is 0.416 e. The normalized spacial score (nSPS) is 12.5. The van der Waals surface area contributed by atoms with Gasteiger partial charge in [-0.05, 0) is 38.1 Å². The molecule has 1 aromatic carbocycles. The highest BCUT2D eigenvalue weighted by Crippen LogP contribution is 2.30. The highest BCUT2D eigenvalue weighted by Gasteiger charge is 2.30. The number of nitrogens with two attached hydrogens (primary N) is 1. The SMILES string of the molecule is CC(C)(N)c1noc(COc2ccc(C(F)(F)F)cc2)n1. The summed E-state index contributed by atoms with van der Waals surface area (Å²) in [5.41, 5.74) is 4.33. The lowest BCUT2D eigenvalue weighted by Crippen LogP contribution is -2.30. The Hall–Kier alpha value is -2.09. The highest BCUT2D eigenvalue weighted by atomic mass is 19.4.